The van der Waals surface area contributed by atoms with Gasteiger partial charge in [-0.15, -0.1) is 0 Å². The van der Waals surface area contributed by atoms with E-state index in [4.69, 9.17) is 9.47 Å². The van der Waals surface area contributed by atoms with Gasteiger partial charge in [0.15, 0.2) is 11.5 Å². The summed E-state index contributed by atoms with van der Waals surface area (Å²) in [5.74, 6) is 0.0312. The number of amides is 1. The van der Waals surface area contributed by atoms with Gasteiger partial charge in [-0.2, -0.15) is 5.10 Å². The summed E-state index contributed by atoms with van der Waals surface area (Å²) >= 11 is 2.11. The highest BCUT2D eigenvalue weighted by Crippen LogP contribution is 2.33. The Kier molecular flexibility index (Phi) is 7.55. The Hall–Kier alpha value is -2.89. The minimum atomic E-state index is -0.775. The number of hydrogen-bond acceptors (Lipinski definition) is 7. The van der Waals surface area contributed by atoms with Gasteiger partial charge in [0.1, 0.15) is 5.75 Å². The number of phenolic OH excluding ortho intramolecular Hbond substituents is 1. The van der Waals surface area contributed by atoms with Gasteiger partial charge in [-0.3, -0.25) is 14.9 Å². The summed E-state index contributed by atoms with van der Waals surface area (Å²) in [6, 6.07) is 6.69. The minimum absolute atomic E-state index is 0.248. The third kappa shape index (κ3) is 5.31. The number of non-ortho nitro benzene ring substituents is 1. The van der Waals surface area contributed by atoms with Crippen LogP contribution in [0.1, 0.15) is 29.8 Å². The van der Waals surface area contributed by atoms with Crippen LogP contribution in [0.4, 0.5) is 5.69 Å². The van der Waals surface area contributed by atoms with Gasteiger partial charge in [0.05, 0.1) is 33.5 Å². The zero-order valence-electron chi connectivity index (χ0n) is 15.1. The van der Waals surface area contributed by atoms with E-state index >= 15 is 0 Å². The molecule has 2 aromatic carbocycles. The maximum Gasteiger partial charge on any atom is 0.275 e. The zero-order chi connectivity index (χ0) is 20.7. The average Bonchev–Trinajstić information content (AvgIpc) is 2.64. The number of nitro groups is 1. The Bertz CT molecular complexity index is 916. The van der Waals surface area contributed by atoms with Crippen LogP contribution in [-0.4, -0.2) is 35.4 Å². The largest absolute Gasteiger partial charge is 0.507 e. The molecule has 0 bridgehead atoms. The van der Waals surface area contributed by atoms with Crippen molar-refractivity contribution in [3.63, 3.8) is 0 Å². The fraction of sp³-hybridized carbons (Fsp3) is 0.222. The van der Waals surface area contributed by atoms with E-state index in [2.05, 4.69) is 33.1 Å². The number of aromatic hydroxyl groups is 1. The Morgan fingerprint density at radius 2 is 2.00 bits per heavy atom. The van der Waals surface area contributed by atoms with Gasteiger partial charge in [-0.1, -0.05) is 0 Å². The molecule has 10 heteroatoms. The lowest BCUT2D eigenvalue weighted by Gasteiger charge is -2.13. The number of hydrazone groups is 1. The first kappa shape index (κ1) is 21.4. The molecular formula is C18H18IN3O6. The zero-order valence-corrected chi connectivity index (χ0v) is 17.3. The van der Waals surface area contributed by atoms with Crippen LogP contribution in [-0.2, 0) is 0 Å². The van der Waals surface area contributed by atoms with Gasteiger partial charge < -0.3 is 14.6 Å². The molecule has 0 saturated carbocycles. The van der Waals surface area contributed by atoms with Gasteiger partial charge in [-0.25, -0.2) is 5.43 Å². The Labute approximate surface area is 174 Å². The maximum atomic E-state index is 12.2. The van der Waals surface area contributed by atoms with Gasteiger partial charge in [-0.05, 0) is 60.2 Å². The molecule has 0 aromatic heterocycles. The highest BCUT2D eigenvalue weighted by Gasteiger charge is 2.16. The van der Waals surface area contributed by atoms with Crippen molar-refractivity contribution in [2.75, 3.05) is 13.2 Å². The van der Waals surface area contributed by atoms with Crippen molar-refractivity contribution in [2.24, 2.45) is 5.10 Å². The lowest BCUT2D eigenvalue weighted by atomic mass is 10.1. The monoisotopic (exact) mass is 499 g/mol. The molecule has 0 radical (unpaired) electrons. The van der Waals surface area contributed by atoms with E-state index in [-0.39, 0.29) is 17.0 Å². The number of hydrogen-bond donors (Lipinski definition) is 2. The molecule has 0 atom stereocenters. The van der Waals surface area contributed by atoms with Crippen LogP contribution in [0.2, 0.25) is 0 Å². The minimum Gasteiger partial charge on any atom is -0.507 e. The van der Waals surface area contributed by atoms with Crippen molar-refractivity contribution >= 4 is 40.4 Å². The SMILES string of the molecule is CCOc1cc(/C=N\NC(=O)c2cc([N+](=O)[O-])ccc2O)cc(I)c1OCC. The summed E-state index contributed by atoms with van der Waals surface area (Å²) in [7, 11) is 0. The molecule has 2 rings (SSSR count). The third-order valence-electron chi connectivity index (χ3n) is 3.44. The van der Waals surface area contributed by atoms with E-state index in [1.165, 1.54) is 6.21 Å². The fourth-order valence-corrected chi connectivity index (χ4v) is 3.04. The molecule has 0 fully saturated rings. The highest BCUT2D eigenvalue weighted by molar-refractivity contribution is 14.1. The molecule has 2 N–H and O–H groups in total. The second-order valence-electron chi connectivity index (χ2n) is 5.35. The number of phenols is 1. The number of carbonyl (C=O) groups is 1. The van der Waals surface area contributed by atoms with Crippen molar-refractivity contribution in [1.82, 2.24) is 5.43 Å². The lowest BCUT2D eigenvalue weighted by Crippen LogP contribution is -2.18. The second kappa shape index (κ2) is 9.88. The van der Waals surface area contributed by atoms with E-state index in [9.17, 15) is 20.0 Å². The summed E-state index contributed by atoms with van der Waals surface area (Å²) in [5, 5.41) is 24.4. The molecule has 0 unspecified atom stereocenters. The number of nitrogens with zero attached hydrogens (tertiary/aromatic N) is 2. The van der Waals surface area contributed by atoms with Crippen LogP contribution in [0.15, 0.2) is 35.4 Å². The van der Waals surface area contributed by atoms with Crippen LogP contribution < -0.4 is 14.9 Å². The summed E-state index contributed by atoms with van der Waals surface area (Å²) in [6.45, 7) is 4.68. The molecule has 9 nitrogen and oxygen atoms in total. The van der Waals surface area contributed by atoms with Crippen LogP contribution >= 0.6 is 22.6 Å². The summed E-state index contributed by atoms with van der Waals surface area (Å²) in [6.07, 6.45) is 1.40. The molecule has 0 heterocycles. The van der Waals surface area contributed by atoms with Gasteiger partial charge in [0, 0.05) is 12.1 Å². The molecule has 0 aliphatic carbocycles. The van der Waals surface area contributed by atoms with Gasteiger partial charge >= 0.3 is 0 Å². The number of carbonyl (C=O) groups excluding carboxylic acids is 1. The van der Waals surface area contributed by atoms with Crippen molar-refractivity contribution in [1.29, 1.82) is 0 Å². The predicted octanol–water partition coefficient (Wildman–Crippen LogP) is 3.47. The maximum absolute atomic E-state index is 12.2. The van der Waals surface area contributed by atoms with E-state index in [0.717, 1.165) is 21.8 Å². The molecule has 2 aromatic rings. The molecule has 28 heavy (non-hydrogen) atoms. The molecule has 0 aliphatic heterocycles. The Balaban J connectivity index is 2.19. The number of halogens is 1. The molecule has 148 valence electrons. The normalized spacial score (nSPS) is 10.7. The Morgan fingerprint density at radius 3 is 2.64 bits per heavy atom. The third-order valence-corrected chi connectivity index (χ3v) is 4.24. The van der Waals surface area contributed by atoms with Crippen LogP contribution in [0, 0.1) is 13.7 Å². The van der Waals surface area contributed by atoms with Crippen LogP contribution in [0.3, 0.4) is 0 Å². The highest BCUT2D eigenvalue weighted by atomic mass is 127. The number of nitrogens with one attached hydrogen (secondary N) is 1. The summed E-state index contributed by atoms with van der Waals surface area (Å²) in [5.41, 5.74) is 2.33. The van der Waals surface area contributed by atoms with Crippen LogP contribution in [0.5, 0.6) is 17.2 Å². The van der Waals surface area contributed by atoms with E-state index < -0.39 is 10.8 Å². The van der Waals surface area contributed by atoms with Crippen molar-refractivity contribution < 1.29 is 24.3 Å². The Morgan fingerprint density at radius 1 is 1.29 bits per heavy atom. The molecule has 0 aliphatic rings. The number of nitro benzene ring substituents is 1. The topological polar surface area (TPSA) is 123 Å². The van der Waals surface area contributed by atoms with E-state index in [1.54, 1.807) is 12.1 Å². The second-order valence-corrected chi connectivity index (χ2v) is 6.52. The van der Waals surface area contributed by atoms with Crippen molar-refractivity contribution in [3.05, 3.63) is 55.1 Å². The van der Waals surface area contributed by atoms with Crippen molar-refractivity contribution in [2.45, 2.75) is 13.8 Å². The molecule has 1 amide bonds. The average molecular weight is 499 g/mol. The molecule has 0 saturated heterocycles. The summed E-state index contributed by atoms with van der Waals surface area (Å²) in [4.78, 5) is 22.3. The fourth-order valence-electron chi connectivity index (χ4n) is 2.25. The number of ether oxygens (including phenoxy) is 2. The molecule has 0 spiro atoms. The molecular weight excluding hydrogens is 481 g/mol. The lowest BCUT2D eigenvalue weighted by molar-refractivity contribution is -0.384. The predicted molar refractivity (Wildman–Crippen MR) is 111 cm³/mol. The first-order chi connectivity index (χ1) is 13.4. The number of rotatable bonds is 8. The first-order valence-corrected chi connectivity index (χ1v) is 9.35. The summed E-state index contributed by atoms with van der Waals surface area (Å²) < 4.78 is 12.0. The van der Waals surface area contributed by atoms with E-state index in [1.807, 2.05) is 13.8 Å². The van der Waals surface area contributed by atoms with E-state index in [0.29, 0.717) is 30.3 Å². The van der Waals surface area contributed by atoms with Crippen molar-refractivity contribution in [3.8, 4) is 17.2 Å². The smallest absolute Gasteiger partial charge is 0.275 e. The quantitative estimate of drug-likeness (QED) is 0.248. The first-order valence-electron chi connectivity index (χ1n) is 8.27. The number of benzene rings is 2. The van der Waals surface area contributed by atoms with Gasteiger partial charge in [0.2, 0.25) is 0 Å². The standard InChI is InChI=1S/C18H18IN3O6/c1-3-27-16-8-11(7-14(19)17(16)28-4-2)10-20-21-18(24)13-9-12(22(25)26)5-6-15(13)23/h5-10,23H,3-4H2,1-2H3,(H,21,24)/b20-10-. The van der Waals surface area contributed by atoms with Crippen LogP contribution in [0.25, 0.3) is 0 Å². The van der Waals surface area contributed by atoms with Gasteiger partial charge in [0.25, 0.3) is 11.6 Å².